The lowest BCUT2D eigenvalue weighted by molar-refractivity contribution is 0.0589. The number of esters is 1. The predicted molar refractivity (Wildman–Crippen MR) is 34.9 cm³/mol. The van der Waals surface area contributed by atoms with Crippen LogP contribution < -0.4 is 0 Å². The normalized spacial score (nSPS) is 10.3. The Balaban J connectivity index is 2.99. The summed E-state index contributed by atoms with van der Waals surface area (Å²) < 4.78 is 28.4. The SMILES string of the molecule is COC(=O)c1cn[nH]c1C(F)F. The molecule has 0 bridgehead atoms. The minimum absolute atomic E-state index is 0.229. The molecule has 12 heavy (non-hydrogen) atoms. The Bertz CT molecular complexity index is 285. The van der Waals surface area contributed by atoms with Crippen LogP contribution in [0, 0.1) is 0 Å². The van der Waals surface area contributed by atoms with Crippen LogP contribution in [-0.4, -0.2) is 23.3 Å². The number of aromatic amines is 1. The van der Waals surface area contributed by atoms with Crippen LogP contribution in [0.4, 0.5) is 8.78 Å². The van der Waals surface area contributed by atoms with Crippen molar-refractivity contribution in [2.75, 3.05) is 7.11 Å². The van der Waals surface area contributed by atoms with Gasteiger partial charge in [0.25, 0.3) is 6.43 Å². The maximum atomic E-state index is 12.1. The summed E-state index contributed by atoms with van der Waals surface area (Å²) in [5, 5.41) is 5.33. The second-order valence-corrected chi connectivity index (χ2v) is 1.99. The molecule has 0 aliphatic heterocycles. The van der Waals surface area contributed by atoms with Crippen LogP contribution >= 0.6 is 0 Å². The third-order valence-corrected chi connectivity index (χ3v) is 1.29. The van der Waals surface area contributed by atoms with E-state index in [2.05, 4.69) is 9.84 Å². The van der Waals surface area contributed by atoms with Crippen molar-refractivity contribution < 1.29 is 18.3 Å². The van der Waals surface area contributed by atoms with Gasteiger partial charge in [-0.05, 0) is 0 Å². The number of carbonyl (C=O) groups excluding carboxylic acids is 1. The first-order chi connectivity index (χ1) is 5.66. The largest absolute Gasteiger partial charge is 0.465 e. The summed E-state index contributed by atoms with van der Waals surface area (Å²) in [7, 11) is 1.12. The van der Waals surface area contributed by atoms with Gasteiger partial charge in [0, 0.05) is 0 Å². The van der Waals surface area contributed by atoms with E-state index < -0.39 is 18.1 Å². The number of aromatic nitrogens is 2. The number of methoxy groups -OCH3 is 1. The van der Waals surface area contributed by atoms with Gasteiger partial charge in [-0.3, -0.25) is 5.10 Å². The Kier molecular flexibility index (Phi) is 2.37. The number of halogens is 2. The molecular weight excluding hydrogens is 170 g/mol. The van der Waals surface area contributed by atoms with Gasteiger partial charge in [-0.15, -0.1) is 0 Å². The van der Waals surface area contributed by atoms with Gasteiger partial charge in [-0.2, -0.15) is 5.10 Å². The van der Waals surface area contributed by atoms with E-state index in [9.17, 15) is 13.6 Å². The fourth-order valence-electron chi connectivity index (χ4n) is 0.735. The number of hydrogen-bond donors (Lipinski definition) is 1. The summed E-state index contributed by atoms with van der Waals surface area (Å²) in [6, 6.07) is 0. The fourth-order valence-corrected chi connectivity index (χ4v) is 0.735. The highest BCUT2D eigenvalue weighted by molar-refractivity contribution is 5.90. The third kappa shape index (κ3) is 1.41. The molecule has 0 aliphatic carbocycles. The molecule has 0 amide bonds. The zero-order chi connectivity index (χ0) is 9.14. The molecule has 1 rings (SSSR count). The molecule has 1 heterocycles. The quantitative estimate of drug-likeness (QED) is 0.687. The van der Waals surface area contributed by atoms with E-state index in [1.807, 2.05) is 5.10 Å². The predicted octanol–water partition coefficient (Wildman–Crippen LogP) is 1.13. The van der Waals surface area contributed by atoms with Gasteiger partial charge in [-0.25, -0.2) is 13.6 Å². The molecule has 0 radical (unpaired) electrons. The molecule has 66 valence electrons. The van der Waals surface area contributed by atoms with Gasteiger partial charge in [0.15, 0.2) is 0 Å². The summed E-state index contributed by atoms with van der Waals surface area (Å²) >= 11 is 0. The number of H-pyrrole nitrogens is 1. The highest BCUT2D eigenvalue weighted by atomic mass is 19.3. The maximum absolute atomic E-state index is 12.1. The first kappa shape index (κ1) is 8.63. The van der Waals surface area contributed by atoms with Crippen molar-refractivity contribution in [1.29, 1.82) is 0 Å². The second-order valence-electron chi connectivity index (χ2n) is 1.99. The molecular formula is C6H6F2N2O2. The Hall–Kier alpha value is -1.46. The summed E-state index contributed by atoms with van der Waals surface area (Å²) in [5.74, 6) is -0.820. The van der Waals surface area contributed by atoms with Crippen LogP contribution in [-0.2, 0) is 4.74 Å². The van der Waals surface area contributed by atoms with E-state index in [4.69, 9.17) is 0 Å². The molecule has 0 unspecified atom stereocenters. The zero-order valence-electron chi connectivity index (χ0n) is 6.17. The van der Waals surface area contributed by atoms with E-state index in [0.29, 0.717) is 0 Å². The van der Waals surface area contributed by atoms with Gasteiger partial charge < -0.3 is 4.74 Å². The van der Waals surface area contributed by atoms with Crippen molar-refractivity contribution in [2.24, 2.45) is 0 Å². The molecule has 1 N–H and O–H groups in total. The Labute approximate surface area is 66.5 Å². The van der Waals surface area contributed by atoms with Gasteiger partial charge in [-0.1, -0.05) is 0 Å². The third-order valence-electron chi connectivity index (χ3n) is 1.29. The van der Waals surface area contributed by atoms with Gasteiger partial charge in [0.05, 0.1) is 13.3 Å². The van der Waals surface area contributed by atoms with Gasteiger partial charge in [0.2, 0.25) is 0 Å². The molecule has 1 aromatic rings. The van der Waals surface area contributed by atoms with E-state index in [1.54, 1.807) is 0 Å². The van der Waals surface area contributed by atoms with Crippen LogP contribution in [0.15, 0.2) is 6.20 Å². The summed E-state index contributed by atoms with van der Waals surface area (Å²) in [6.45, 7) is 0. The van der Waals surface area contributed by atoms with E-state index in [0.717, 1.165) is 13.3 Å². The van der Waals surface area contributed by atoms with E-state index >= 15 is 0 Å². The first-order valence-electron chi connectivity index (χ1n) is 3.06. The number of hydrogen-bond acceptors (Lipinski definition) is 3. The molecule has 0 saturated heterocycles. The lowest BCUT2D eigenvalue weighted by Gasteiger charge is -1.98. The number of nitrogens with one attached hydrogen (secondary N) is 1. The summed E-state index contributed by atoms with van der Waals surface area (Å²) in [4.78, 5) is 10.8. The highest BCUT2D eigenvalue weighted by Gasteiger charge is 2.20. The van der Waals surface area contributed by atoms with Crippen molar-refractivity contribution in [3.05, 3.63) is 17.5 Å². The minimum atomic E-state index is -2.75. The Morgan fingerprint density at radius 1 is 1.75 bits per heavy atom. The number of nitrogens with zero attached hydrogens (tertiary/aromatic N) is 1. The molecule has 0 aliphatic rings. The lowest BCUT2D eigenvalue weighted by atomic mass is 10.2. The van der Waals surface area contributed by atoms with Crippen molar-refractivity contribution in [3.8, 4) is 0 Å². The van der Waals surface area contributed by atoms with E-state index in [-0.39, 0.29) is 5.56 Å². The lowest BCUT2D eigenvalue weighted by Crippen LogP contribution is -2.03. The van der Waals surface area contributed by atoms with Crippen LogP contribution in [0.25, 0.3) is 0 Å². The van der Waals surface area contributed by atoms with Crippen molar-refractivity contribution in [3.63, 3.8) is 0 Å². The maximum Gasteiger partial charge on any atom is 0.341 e. The average molecular weight is 176 g/mol. The topological polar surface area (TPSA) is 55.0 Å². The number of carbonyl (C=O) groups is 1. The van der Waals surface area contributed by atoms with Crippen LogP contribution in [0.1, 0.15) is 22.5 Å². The summed E-state index contributed by atoms with van der Waals surface area (Å²) in [6.07, 6.45) is -1.74. The Morgan fingerprint density at radius 3 is 2.92 bits per heavy atom. The molecule has 1 aromatic heterocycles. The average Bonchev–Trinajstić information content (AvgIpc) is 2.50. The molecule has 0 atom stereocenters. The molecule has 4 nitrogen and oxygen atoms in total. The van der Waals surface area contributed by atoms with Gasteiger partial charge in [0.1, 0.15) is 11.3 Å². The van der Waals surface area contributed by atoms with Crippen molar-refractivity contribution >= 4 is 5.97 Å². The van der Waals surface area contributed by atoms with Crippen LogP contribution in [0.2, 0.25) is 0 Å². The minimum Gasteiger partial charge on any atom is -0.465 e. The second kappa shape index (κ2) is 3.29. The molecule has 0 spiro atoms. The first-order valence-corrected chi connectivity index (χ1v) is 3.06. The fraction of sp³-hybridized carbons (Fsp3) is 0.333. The van der Waals surface area contributed by atoms with Crippen LogP contribution in [0.5, 0.6) is 0 Å². The number of alkyl halides is 2. The van der Waals surface area contributed by atoms with E-state index in [1.165, 1.54) is 0 Å². The molecule has 6 heteroatoms. The highest BCUT2D eigenvalue weighted by Crippen LogP contribution is 2.20. The van der Waals surface area contributed by atoms with Crippen molar-refractivity contribution in [2.45, 2.75) is 6.43 Å². The number of ether oxygens (including phenoxy) is 1. The molecule has 0 fully saturated rings. The Morgan fingerprint density at radius 2 is 2.42 bits per heavy atom. The van der Waals surface area contributed by atoms with Crippen LogP contribution in [0.3, 0.4) is 0 Å². The standard InChI is InChI=1S/C6H6F2N2O2/c1-12-6(11)3-2-9-10-4(3)5(7)8/h2,5H,1H3,(H,9,10). The molecule has 0 aromatic carbocycles. The zero-order valence-corrected chi connectivity index (χ0v) is 6.17. The smallest absolute Gasteiger partial charge is 0.341 e. The summed E-state index contributed by atoms with van der Waals surface area (Å²) in [5.41, 5.74) is -0.741. The molecule has 0 saturated carbocycles. The monoisotopic (exact) mass is 176 g/mol. The van der Waals surface area contributed by atoms with Gasteiger partial charge >= 0.3 is 5.97 Å². The number of rotatable bonds is 2. The van der Waals surface area contributed by atoms with Crippen molar-refractivity contribution in [1.82, 2.24) is 10.2 Å².